The van der Waals surface area contributed by atoms with Gasteiger partial charge < -0.3 is 15.7 Å². The predicted octanol–water partition coefficient (Wildman–Crippen LogP) is 3.54. The number of aliphatic hydroxyl groups is 1. The third kappa shape index (κ3) is 6.26. The second kappa shape index (κ2) is 11.1. The van der Waals surface area contributed by atoms with E-state index in [4.69, 9.17) is 0 Å². The smallest absolute Gasteiger partial charge is 0.253 e. The molecule has 1 heterocycles. The predicted molar refractivity (Wildman–Crippen MR) is 120 cm³/mol. The number of para-hydroxylation sites is 1. The molecule has 3 N–H and O–H groups in total. The second-order valence-corrected chi connectivity index (χ2v) is 8.55. The normalized spacial score (nSPS) is 15.4. The third-order valence-corrected chi connectivity index (χ3v) is 5.72. The molecule has 0 aliphatic heterocycles. The Kier molecular flexibility index (Phi) is 8.78. The molecule has 0 aliphatic carbocycles. The van der Waals surface area contributed by atoms with Gasteiger partial charge in [-0.1, -0.05) is 52.3 Å². The lowest BCUT2D eigenvalue weighted by Crippen LogP contribution is -2.49. The number of pyridine rings is 1. The molecule has 0 unspecified atom stereocenters. The number of aliphatic hydroxyl groups excluding tert-OH is 1. The van der Waals surface area contributed by atoms with Crippen LogP contribution in [0.3, 0.4) is 0 Å². The highest BCUT2D eigenvalue weighted by Gasteiger charge is 2.31. The molecule has 6 nitrogen and oxygen atoms in total. The van der Waals surface area contributed by atoms with Gasteiger partial charge in [-0.2, -0.15) is 0 Å². The molecular formula is C24H35N3O3. The summed E-state index contributed by atoms with van der Waals surface area (Å²) in [5.74, 6) is -0.244. The van der Waals surface area contributed by atoms with Gasteiger partial charge in [-0.3, -0.25) is 14.6 Å². The Balaban J connectivity index is 2.18. The highest BCUT2D eigenvalue weighted by atomic mass is 16.3. The fourth-order valence-corrected chi connectivity index (χ4v) is 3.82. The molecule has 4 atom stereocenters. The van der Waals surface area contributed by atoms with Crippen molar-refractivity contribution >= 4 is 22.7 Å². The molecule has 6 heteroatoms. The molecule has 0 spiro atoms. The fourth-order valence-electron chi connectivity index (χ4n) is 3.82. The van der Waals surface area contributed by atoms with Gasteiger partial charge in [0, 0.05) is 24.5 Å². The summed E-state index contributed by atoms with van der Waals surface area (Å²) >= 11 is 0. The highest BCUT2D eigenvalue weighted by Crippen LogP contribution is 2.23. The summed E-state index contributed by atoms with van der Waals surface area (Å²) in [6.07, 6.45) is 2.53. The summed E-state index contributed by atoms with van der Waals surface area (Å²) in [7, 11) is 1.61. The highest BCUT2D eigenvalue weighted by molar-refractivity contribution is 5.97. The van der Waals surface area contributed by atoms with E-state index in [1.165, 1.54) is 0 Å². The van der Waals surface area contributed by atoms with E-state index in [1.807, 2.05) is 44.2 Å². The van der Waals surface area contributed by atoms with Crippen LogP contribution >= 0.6 is 0 Å². The molecule has 2 rings (SSSR count). The lowest BCUT2D eigenvalue weighted by atomic mass is 9.85. The SMILES string of the molecule is CC[C@H](C)[C@H](NC(=O)c1cnc2ccccc2c1)[C@@H](O)C[C@@H](CC(C)C)C(=O)NC. The zero-order valence-corrected chi connectivity index (χ0v) is 18.7. The van der Waals surface area contributed by atoms with E-state index in [0.717, 1.165) is 17.3 Å². The quantitative estimate of drug-likeness (QED) is 0.556. The van der Waals surface area contributed by atoms with Crippen LogP contribution in [0.25, 0.3) is 10.9 Å². The van der Waals surface area contributed by atoms with Gasteiger partial charge in [-0.15, -0.1) is 0 Å². The Bertz CT molecular complexity index is 852. The number of rotatable bonds is 10. The number of nitrogens with zero attached hydrogens (tertiary/aromatic N) is 1. The van der Waals surface area contributed by atoms with Gasteiger partial charge >= 0.3 is 0 Å². The van der Waals surface area contributed by atoms with Crippen molar-refractivity contribution < 1.29 is 14.7 Å². The van der Waals surface area contributed by atoms with Crippen LogP contribution in [0.5, 0.6) is 0 Å². The van der Waals surface area contributed by atoms with E-state index in [-0.39, 0.29) is 23.7 Å². The molecule has 30 heavy (non-hydrogen) atoms. The first-order valence-corrected chi connectivity index (χ1v) is 10.8. The van der Waals surface area contributed by atoms with Crippen molar-refractivity contribution in [1.29, 1.82) is 0 Å². The van der Waals surface area contributed by atoms with Crippen LogP contribution < -0.4 is 10.6 Å². The Morgan fingerprint density at radius 2 is 1.83 bits per heavy atom. The number of amides is 2. The number of hydrogen-bond acceptors (Lipinski definition) is 4. The van der Waals surface area contributed by atoms with Gasteiger partial charge in [-0.25, -0.2) is 0 Å². The minimum absolute atomic E-state index is 0.0572. The molecule has 0 saturated heterocycles. The first kappa shape index (κ1) is 23.8. The molecule has 2 amide bonds. The number of hydrogen-bond donors (Lipinski definition) is 3. The van der Waals surface area contributed by atoms with Crippen molar-refractivity contribution in [2.45, 2.75) is 59.1 Å². The van der Waals surface area contributed by atoms with Crippen LogP contribution in [0.1, 0.15) is 57.3 Å². The molecule has 0 saturated carbocycles. The Morgan fingerprint density at radius 3 is 2.47 bits per heavy atom. The Hall–Kier alpha value is -2.47. The maximum Gasteiger partial charge on any atom is 0.253 e. The van der Waals surface area contributed by atoms with Gasteiger partial charge in [0.25, 0.3) is 5.91 Å². The Labute approximate surface area is 179 Å². The zero-order valence-electron chi connectivity index (χ0n) is 18.7. The van der Waals surface area contributed by atoms with Gasteiger partial charge in [-0.05, 0) is 36.8 Å². The zero-order chi connectivity index (χ0) is 22.3. The maximum absolute atomic E-state index is 12.9. The van der Waals surface area contributed by atoms with E-state index in [1.54, 1.807) is 13.2 Å². The molecule has 164 valence electrons. The van der Waals surface area contributed by atoms with Gasteiger partial charge in [0.1, 0.15) is 0 Å². The van der Waals surface area contributed by atoms with E-state index in [2.05, 4.69) is 29.5 Å². The van der Waals surface area contributed by atoms with E-state index >= 15 is 0 Å². The molecule has 1 aromatic carbocycles. The first-order valence-electron chi connectivity index (χ1n) is 10.8. The lowest BCUT2D eigenvalue weighted by Gasteiger charge is -2.31. The van der Waals surface area contributed by atoms with Gasteiger partial charge in [0.2, 0.25) is 5.91 Å². The van der Waals surface area contributed by atoms with Gasteiger partial charge in [0.15, 0.2) is 0 Å². The molecule has 1 aromatic heterocycles. The van der Waals surface area contributed by atoms with E-state index in [9.17, 15) is 14.7 Å². The van der Waals surface area contributed by atoms with E-state index < -0.39 is 12.1 Å². The second-order valence-electron chi connectivity index (χ2n) is 8.55. The van der Waals surface area contributed by atoms with Crippen LogP contribution in [-0.4, -0.2) is 41.1 Å². The van der Waals surface area contributed by atoms with Crippen LogP contribution in [-0.2, 0) is 4.79 Å². The number of aromatic nitrogens is 1. The fraction of sp³-hybridized carbons (Fsp3) is 0.542. The summed E-state index contributed by atoms with van der Waals surface area (Å²) in [5, 5.41) is 17.6. The minimum Gasteiger partial charge on any atom is -0.391 e. The number of benzene rings is 1. The van der Waals surface area contributed by atoms with Crippen molar-refractivity contribution in [2.24, 2.45) is 17.8 Å². The van der Waals surface area contributed by atoms with Crippen molar-refractivity contribution in [2.75, 3.05) is 7.05 Å². The topological polar surface area (TPSA) is 91.3 Å². The van der Waals surface area contributed by atoms with Crippen molar-refractivity contribution in [3.05, 3.63) is 42.1 Å². The summed E-state index contributed by atoms with van der Waals surface area (Å²) in [5.41, 5.74) is 1.29. The largest absolute Gasteiger partial charge is 0.391 e. The average molecular weight is 414 g/mol. The maximum atomic E-state index is 12.9. The average Bonchev–Trinajstić information content (AvgIpc) is 2.74. The molecule has 0 aliphatic rings. The van der Waals surface area contributed by atoms with Crippen LogP contribution in [0.15, 0.2) is 36.5 Å². The summed E-state index contributed by atoms with van der Waals surface area (Å²) < 4.78 is 0. The van der Waals surface area contributed by atoms with Gasteiger partial charge in [0.05, 0.1) is 23.2 Å². The molecule has 0 radical (unpaired) electrons. The summed E-state index contributed by atoms with van der Waals surface area (Å²) in [6, 6.07) is 8.99. The standard InChI is InChI=1S/C24H35N3O3/c1-6-16(4)22(21(28)13-18(11-15(2)3)23(29)25-5)27-24(30)19-12-17-9-7-8-10-20(17)26-14-19/h7-10,12,14-16,18,21-22,28H,6,11,13H2,1-5H3,(H,25,29)(H,27,30)/t16-,18+,21-,22-/m0/s1. The van der Waals surface area contributed by atoms with Crippen LogP contribution in [0, 0.1) is 17.8 Å². The number of fused-ring (bicyclic) bond motifs is 1. The third-order valence-electron chi connectivity index (χ3n) is 5.72. The summed E-state index contributed by atoms with van der Waals surface area (Å²) in [4.78, 5) is 29.6. The molecule has 0 bridgehead atoms. The van der Waals surface area contributed by atoms with Crippen LogP contribution in [0.4, 0.5) is 0 Å². The first-order chi connectivity index (χ1) is 14.3. The molecular weight excluding hydrogens is 378 g/mol. The van der Waals surface area contributed by atoms with Crippen LogP contribution in [0.2, 0.25) is 0 Å². The van der Waals surface area contributed by atoms with Crippen molar-refractivity contribution in [3.8, 4) is 0 Å². The molecule has 0 fully saturated rings. The lowest BCUT2D eigenvalue weighted by molar-refractivity contribution is -0.126. The van der Waals surface area contributed by atoms with E-state index in [0.29, 0.717) is 24.3 Å². The summed E-state index contributed by atoms with van der Waals surface area (Å²) in [6.45, 7) is 8.15. The molecule has 2 aromatic rings. The number of nitrogens with one attached hydrogen (secondary N) is 2. The minimum atomic E-state index is -0.821. The Morgan fingerprint density at radius 1 is 1.13 bits per heavy atom. The van der Waals surface area contributed by atoms with Crippen molar-refractivity contribution in [1.82, 2.24) is 15.6 Å². The number of carbonyl (C=O) groups excluding carboxylic acids is 2. The number of carbonyl (C=O) groups is 2. The van der Waals surface area contributed by atoms with Crippen molar-refractivity contribution in [3.63, 3.8) is 0 Å². The monoisotopic (exact) mass is 413 g/mol.